The third-order valence-electron chi connectivity index (χ3n) is 1.94. The summed E-state index contributed by atoms with van der Waals surface area (Å²) in [5.74, 6) is 0. The summed E-state index contributed by atoms with van der Waals surface area (Å²) in [7, 11) is 1.57. The predicted molar refractivity (Wildman–Crippen MR) is 56.2 cm³/mol. The topological polar surface area (TPSA) is 64.7 Å². The highest BCUT2D eigenvalue weighted by molar-refractivity contribution is 4.78. The number of aliphatic hydroxyl groups is 1. The van der Waals surface area contributed by atoms with Gasteiger partial charge in [-0.2, -0.15) is 0 Å². The van der Waals surface area contributed by atoms with Gasteiger partial charge in [-0.05, 0) is 33.2 Å². The Bertz CT molecular complexity index is 141. The van der Waals surface area contributed by atoms with E-state index in [9.17, 15) is 5.11 Å². The molecule has 0 saturated carbocycles. The standard InChI is InChI=1S/C10H23NO3/c1-9(2)14-8-10(12,7-13-3)5-4-6-11/h9,12H,4-8,11H2,1-3H3. The lowest BCUT2D eigenvalue weighted by molar-refractivity contribution is -0.104. The highest BCUT2D eigenvalue weighted by Crippen LogP contribution is 2.14. The Labute approximate surface area is 86.4 Å². The quantitative estimate of drug-likeness (QED) is 0.606. The molecule has 14 heavy (non-hydrogen) atoms. The minimum Gasteiger partial charge on any atom is -0.385 e. The molecule has 0 aromatic rings. The Morgan fingerprint density at radius 1 is 1.36 bits per heavy atom. The summed E-state index contributed by atoms with van der Waals surface area (Å²) in [4.78, 5) is 0. The van der Waals surface area contributed by atoms with Crippen molar-refractivity contribution in [3.8, 4) is 0 Å². The van der Waals surface area contributed by atoms with Gasteiger partial charge in [0.1, 0.15) is 5.60 Å². The second kappa shape index (κ2) is 7.17. The van der Waals surface area contributed by atoms with Crippen molar-refractivity contribution in [3.05, 3.63) is 0 Å². The van der Waals surface area contributed by atoms with Gasteiger partial charge in [-0.3, -0.25) is 0 Å². The molecule has 0 aromatic heterocycles. The third-order valence-corrected chi connectivity index (χ3v) is 1.94. The van der Waals surface area contributed by atoms with Crippen LogP contribution < -0.4 is 5.73 Å². The van der Waals surface area contributed by atoms with E-state index in [1.165, 1.54) is 0 Å². The van der Waals surface area contributed by atoms with Crippen LogP contribution in [-0.4, -0.2) is 43.7 Å². The predicted octanol–water partition coefficient (Wildman–Crippen LogP) is 0.528. The molecule has 0 aliphatic carbocycles. The molecule has 0 radical (unpaired) electrons. The Balaban J connectivity index is 3.95. The first-order valence-electron chi connectivity index (χ1n) is 5.07. The number of hydrogen-bond acceptors (Lipinski definition) is 4. The minimum absolute atomic E-state index is 0.122. The van der Waals surface area contributed by atoms with Crippen LogP contribution >= 0.6 is 0 Å². The van der Waals surface area contributed by atoms with Crippen LogP contribution in [-0.2, 0) is 9.47 Å². The normalized spacial score (nSPS) is 15.9. The van der Waals surface area contributed by atoms with E-state index in [2.05, 4.69) is 0 Å². The summed E-state index contributed by atoms with van der Waals surface area (Å²) in [6, 6.07) is 0. The molecule has 0 saturated heterocycles. The zero-order chi connectivity index (χ0) is 11.0. The summed E-state index contributed by atoms with van der Waals surface area (Å²) >= 11 is 0. The molecule has 86 valence electrons. The first-order chi connectivity index (χ1) is 6.54. The molecule has 0 fully saturated rings. The average Bonchev–Trinajstić information content (AvgIpc) is 2.13. The molecule has 0 rings (SSSR count). The van der Waals surface area contributed by atoms with Crippen LogP contribution in [0.5, 0.6) is 0 Å². The summed E-state index contributed by atoms with van der Waals surface area (Å²) in [5.41, 5.74) is 4.50. The van der Waals surface area contributed by atoms with Gasteiger partial charge in [0.15, 0.2) is 0 Å². The lowest BCUT2D eigenvalue weighted by Gasteiger charge is -2.27. The van der Waals surface area contributed by atoms with Crippen LogP contribution in [0.4, 0.5) is 0 Å². The van der Waals surface area contributed by atoms with E-state index in [1.807, 2.05) is 13.8 Å². The Morgan fingerprint density at radius 2 is 2.00 bits per heavy atom. The molecule has 0 heterocycles. The van der Waals surface area contributed by atoms with Gasteiger partial charge in [-0.15, -0.1) is 0 Å². The van der Waals surface area contributed by atoms with E-state index in [1.54, 1.807) is 7.11 Å². The zero-order valence-electron chi connectivity index (χ0n) is 9.45. The van der Waals surface area contributed by atoms with Crippen molar-refractivity contribution in [1.29, 1.82) is 0 Å². The van der Waals surface area contributed by atoms with Gasteiger partial charge in [-0.25, -0.2) is 0 Å². The van der Waals surface area contributed by atoms with Gasteiger partial charge < -0.3 is 20.3 Å². The maximum atomic E-state index is 10.1. The summed E-state index contributed by atoms with van der Waals surface area (Å²) in [5, 5.41) is 10.1. The molecule has 1 unspecified atom stereocenters. The molecule has 0 aliphatic rings. The smallest absolute Gasteiger partial charge is 0.111 e. The molecule has 4 nitrogen and oxygen atoms in total. The highest BCUT2D eigenvalue weighted by Gasteiger charge is 2.27. The fourth-order valence-corrected chi connectivity index (χ4v) is 1.21. The van der Waals surface area contributed by atoms with Crippen molar-refractivity contribution in [2.75, 3.05) is 26.9 Å². The van der Waals surface area contributed by atoms with Crippen LogP contribution in [0.15, 0.2) is 0 Å². The monoisotopic (exact) mass is 205 g/mol. The fraction of sp³-hybridized carbons (Fsp3) is 1.00. The molecule has 4 heteroatoms. The van der Waals surface area contributed by atoms with Crippen molar-refractivity contribution in [2.24, 2.45) is 5.73 Å². The van der Waals surface area contributed by atoms with Crippen molar-refractivity contribution in [3.63, 3.8) is 0 Å². The summed E-state index contributed by atoms with van der Waals surface area (Å²) < 4.78 is 10.4. The Morgan fingerprint density at radius 3 is 2.43 bits per heavy atom. The van der Waals surface area contributed by atoms with E-state index in [0.717, 1.165) is 6.42 Å². The van der Waals surface area contributed by atoms with Crippen molar-refractivity contribution in [1.82, 2.24) is 0 Å². The maximum absolute atomic E-state index is 10.1. The van der Waals surface area contributed by atoms with E-state index in [0.29, 0.717) is 26.2 Å². The number of nitrogens with two attached hydrogens (primary N) is 1. The molecule has 1 atom stereocenters. The number of ether oxygens (including phenoxy) is 2. The molecule has 0 bridgehead atoms. The molecule has 0 aromatic carbocycles. The van der Waals surface area contributed by atoms with Gasteiger partial charge >= 0.3 is 0 Å². The zero-order valence-corrected chi connectivity index (χ0v) is 9.45. The number of methoxy groups -OCH3 is 1. The third kappa shape index (κ3) is 6.32. The van der Waals surface area contributed by atoms with Crippen molar-refractivity contribution >= 4 is 0 Å². The first-order valence-corrected chi connectivity index (χ1v) is 5.07. The minimum atomic E-state index is -0.890. The Hall–Kier alpha value is -0.160. The summed E-state index contributed by atoms with van der Waals surface area (Å²) in [6.45, 7) is 5.05. The van der Waals surface area contributed by atoms with Crippen LogP contribution in [0, 0.1) is 0 Å². The summed E-state index contributed by atoms with van der Waals surface area (Å²) in [6.07, 6.45) is 1.52. The van der Waals surface area contributed by atoms with Gasteiger partial charge in [-0.1, -0.05) is 0 Å². The van der Waals surface area contributed by atoms with Crippen LogP contribution in [0.3, 0.4) is 0 Å². The van der Waals surface area contributed by atoms with E-state index in [-0.39, 0.29) is 6.10 Å². The van der Waals surface area contributed by atoms with Gasteiger partial charge in [0.2, 0.25) is 0 Å². The average molecular weight is 205 g/mol. The van der Waals surface area contributed by atoms with Crippen LogP contribution in [0.25, 0.3) is 0 Å². The highest BCUT2D eigenvalue weighted by atomic mass is 16.5. The fourth-order valence-electron chi connectivity index (χ4n) is 1.21. The van der Waals surface area contributed by atoms with Crippen molar-refractivity contribution in [2.45, 2.75) is 38.4 Å². The number of rotatable bonds is 8. The van der Waals surface area contributed by atoms with E-state index in [4.69, 9.17) is 15.2 Å². The van der Waals surface area contributed by atoms with E-state index < -0.39 is 5.60 Å². The van der Waals surface area contributed by atoms with Gasteiger partial charge in [0.25, 0.3) is 0 Å². The Kier molecular flexibility index (Phi) is 7.09. The largest absolute Gasteiger partial charge is 0.385 e. The van der Waals surface area contributed by atoms with Crippen LogP contribution in [0.2, 0.25) is 0 Å². The molecule has 3 N–H and O–H groups in total. The van der Waals surface area contributed by atoms with E-state index >= 15 is 0 Å². The number of hydrogen-bond donors (Lipinski definition) is 2. The molecule has 0 aliphatic heterocycles. The lowest BCUT2D eigenvalue weighted by Crippen LogP contribution is -2.40. The maximum Gasteiger partial charge on any atom is 0.111 e. The molecule has 0 amide bonds. The van der Waals surface area contributed by atoms with Gasteiger partial charge in [0.05, 0.1) is 19.3 Å². The van der Waals surface area contributed by atoms with Crippen LogP contribution in [0.1, 0.15) is 26.7 Å². The first kappa shape index (κ1) is 13.8. The molecular formula is C10H23NO3. The second-order valence-electron chi connectivity index (χ2n) is 3.91. The van der Waals surface area contributed by atoms with Gasteiger partial charge in [0, 0.05) is 7.11 Å². The second-order valence-corrected chi connectivity index (χ2v) is 3.91. The molecule has 0 spiro atoms. The SMILES string of the molecule is COCC(O)(CCCN)COC(C)C. The lowest BCUT2D eigenvalue weighted by atomic mass is 10.00. The molecular weight excluding hydrogens is 182 g/mol. The van der Waals surface area contributed by atoms with Crippen molar-refractivity contribution < 1.29 is 14.6 Å².